The highest BCUT2D eigenvalue weighted by atomic mass is 32.2. The SMILES string of the molecule is CC.CC(C)(C)C(C)(C)C.CC(C)NS(=O)(=O)C1CC1.CC(C)OC(C)(C)C/C=C/C(C)(C)C.CC(C)c1cccc(C(C)C)c1. The number of benzene rings is 1. The van der Waals surface area contributed by atoms with Gasteiger partial charge in [0.25, 0.3) is 0 Å². The molecular weight excluding hydrogens is 587 g/mol. The molecule has 0 spiro atoms. The van der Waals surface area contributed by atoms with Crippen LogP contribution in [0.25, 0.3) is 0 Å². The van der Waals surface area contributed by atoms with Gasteiger partial charge in [0.15, 0.2) is 0 Å². The van der Waals surface area contributed by atoms with Crippen LogP contribution in [0, 0.1) is 16.2 Å². The van der Waals surface area contributed by atoms with E-state index in [1.165, 1.54) is 11.1 Å². The number of rotatable bonds is 9. The fraction of sp³-hybridized carbons (Fsp3) is 0.805. The van der Waals surface area contributed by atoms with Crippen molar-refractivity contribution in [3.8, 4) is 0 Å². The quantitative estimate of drug-likeness (QED) is 0.267. The van der Waals surface area contributed by atoms with Gasteiger partial charge in [-0.3, -0.25) is 0 Å². The molecule has 5 heteroatoms. The predicted molar refractivity (Wildman–Crippen MR) is 209 cm³/mol. The Morgan fingerprint density at radius 1 is 0.761 bits per heavy atom. The van der Waals surface area contributed by atoms with Crippen molar-refractivity contribution in [2.75, 3.05) is 0 Å². The van der Waals surface area contributed by atoms with Crippen LogP contribution in [0.1, 0.15) is 188 Å². The second-order valence-electron chi connectivity index (χ2n) is 17.4. The predicted octanol–water partition coefficient (Wildman–Crippen LogP) is 12.7. The van der Waals surface area contributed by atoms with E-state index in [0.29, 0.717) is 28.8 Å². The van der Waals surface area contributed by atoms with Gasteiger partial charge in [-0.25, -0.2) is 13.1 Å². The summed E-state index contributed by atoms with van der Waals surface area (Å²) in [5.41, 5.74) is 3.99. The van der Waals surface area contributed by atoms with Gasteiger partial charge < -0.3 is 4.74 Å². The van der Waals surface area contributed by atoms with Gasteiger partial charge in [-0.05, 0) is 100 Å². The summed E-state index contributed by atoms with van der Waals surface area (Å²) in [5.74, 6) is 1.28. The van der Waals surface area contributed by atoms with Gasteiger partial charge in [-0.1, -0.05) is 140 Å². The molecule has 2 rings (SSSR count). The van der Waals surface area contributed by atoms with Gasteiger partial charge in [0.05, 0.1) is 17.0 Å². The maximum atomic E-state index is 11.1. The number of ether oxygens (including phenoxy) is 1. The minimum absolute atomic E-state index is 0.0330. The zero-order valence-corrected chi connectivity index (χ0v) is 35.4. The van der Waals surface area contributed by atoms with Gasteiger partial charge in [0, 0.05) is 6.04 Å². The van der Waals surface area contributed by atoms with Crippen molar-refractivity contribution in [2.45, 2.75) is 199 Å². The molecule has 1 aromatic carbocycles. The first kappa shape index (κ1) is 49.2. The van der Waals surface area contributed by atoms with Crippen LogP contribution in [0.2, 0.25) is 0 Å². The van der Waals surface area contributed by atoms with Crippen LogP contribution >= 0.6 is 0 Å². The van der Waals surface area contributed by atoms with Crippen molar-refractivity contribution < 1.29 is 13.2 Å². The summed E-state index contributed by atoms with van der Waals surface area (Å²) in [6, 6.07) is 8.91. The van der Waals surface area contributed by atoms with Crippen LogP contribution in [-0.4, -0.2) is 31.4 Å². The first-order valence-corrected chi connectivity index (χ1v) is 19.5. The van der Waals surface area contributed by atoms with Crippen LogP contribution in [0.5, 0.6) is 0 Å². The summed E-state index contributed by atoms with van der Waals surface area (Å²) in [5, 5.41) is -0.0881. The third-order valence-corrected chi connectivity index (χ3v) is 9.79. The number of allylic oxidation sites excluding steroid dienone is 1. The summed E-state index contributed by atoms with van der Waals surface area (Å²) in [4.78, 5) is 0. The number of nitrogens with one attached hydrogen (secondary N) is 1. The summed E-state index contributed by atoms with van der Waals surface area (Å²) in [6.07, 6.45) is 7.42. The summed E-state index contributed by atoms with van der Waals surface area (Å²) < 4.78 is 30.5. The average Bonchev–Trinajstić information content (AvgIpc) is 3.69. The molecule has 0 atom stereocenters. The van der Waals surface area contributed by atoms with Crippen LogP contribution in [0.3, 0.4) is 0 Å². The van der Waals surface area contributed by atoms with Gasteiger partial charge in [0.2, 0.25) is 10.0 Å². The Morgan fingerprint density at radius 3 is 1.41 bits per heavy atom. The molecule has 0 radical (unpaired) electrons. The maximum Gasteiger partial charge on any atom is 0.214 e. The van der Waals surface area contributed by atoms with Crippen molar-refractivity contribution >= 4 is 10.0 Å². The normalized spacial score (nSPS) is 14.2. The summed E-state index contributed by atoms with van der Waals surface area (Å²) >= 11 is 0. The highest BCUT2D eigenvalue weighted by molar-refractivity contribution is 7.90. The van der Waals surface area contributed by atoms with Crippen LogP contribution in [-0.2, 0) is 14.8 Å². The fourth-order valence-electron chi connectivity index (χ4n) is 3.46. The Hall–Kier alpha value is -1.17. The smallest absolute Gasteiger partial charge is 0.214 e. The standard InChI is InChI=1S/C13H26O.C12H18.C8H18.C6H13NO2S.C2H6/c1-11(2)14-13(6,7)10-8-9-12(3,4)5;1-9(2)11-6-5-7-12(8-11)10(3)4;1-7(2,3)8(4,5)6;1-5(2)7-10(8,9)6-3-4-6;1-2/h8-9,11H,10H2,1-7H3;5-10H,1-4H3;1-6H3;5-7H,3-4H2,1-2H3;1-2H3/b9-8+;;;;. The second kappa shape index (κ2) is 21.7. The lowest BCUT2D eigenvalue weighted by atomic mass is 9.71. The number of hydrogen-bond donors (Lipinski definition) is 1. The molecule has 1 fully saturated rings. The topological polar surface area (TPSA) is 55.4 Å². The zero-order chi connectivity index (χ0) is 37.3. The first-order chi connectivity index (χ1) is 20.5. The number of hydrogen-bond acceptors (Lipinski definition) is 3. The lowest BCUT2D eigenvalue weighted by Crippen LogP contribution is -2.32. The van der Waals surface area contributed by atoms with Gasteiger partial charge in [-0.15, -0.1) is 0 Å². The van der Waals surface area contributed by atoms with Crippen LogP contribution in [0.4, 0.5) is 0 Å². The molecule has 1 N–H and O–H groups in total. The van der Waals surface area contributed by atoms with E-state index in [9.17, 15) is 8.42 Å². The van der Waals surface area contributed by atoms with Crippen molar-refractivity contribution in [3.63, 3.8) is 0 Å². The molecule has 1 aliphatic rings. The van der Waals surface area contributed by atoms with Crippen molar-refractivity contribution in [1.29, 1.82) is 0 Å². The van der Waals surface area contributed by atoms with Crippen LogP contribution < -0.4 is 4.72 Å². The lowest BCUT2D eigenvalue weighted by Gasteiger charge is -2.34. The maximum absolute atomic E-state index is 11.1. The molecule has 1 aliphatic carbocycles. The van der Waals surface area contributed by atoms with E-state index in [4.69, 9.17) is 4.74 Å². The molecule has 1 aromatic rings. The monoisotopic (exact) mass is 668 g/mol. The molecule has 0 aliphatic heterocycles. The average molecular weight is 668 g/mol. The summed E-state index contributed by atoms with van der Waals surface area (Å²) in [6.45, 7) is 45.3. The molecule has 274 valence electrons. The molecule has 0 aromatic heterocycles. The minimum atomic E-state index is -2.94. The third-order valence-electron chi connectivity index (χ3n) is 7.64. The van der Waals surface area contributed by atoms with E-state index in [0.717, 1.165) is 19.3 Å². The summed E-state index contributed by atoms with van der Waals surface area (Å²) in [7, 11) is -2.94. The molecule has 1 saturated carbocycles. The van der Waals surface area contributed by atoms with Crippen LogP contribution in [0.15, 0.2) is 36.4 Å². The lowest BCUT2D eigenvalue weighted by molar-refractivity contribution is -0.0531. The molecule has 0 bridgehead atoms. The van der Waals surface area contributed by atoms with E-state index in [1.54, 1.807) is 0 Å². The molecule has 0 heterocycles. The van der Waals surface area contributed by atoms with Gasteiger partial charge in [-0.2, -0.15) is 0 Å². The van der Waals surface area contributed by atoms with Gasteiger partial charge in [0.1, 0.15) is 0 Å². The Kier molecular flexibility index (Phi) is 23.2. The Morgan fingerprint density at radius 2 is 1.15 bits per heavy atom. The molecule has 4 nitrogen and oxygen atoms in total. The Bertz CT molecular complexity index is 1010. The first-order valence-electron chi connectivity index (χ1n) is 18.0. The van der Waals surface area contributed by atoms with E-state index in [1.807, 2.05) is 27.7 Å². The molecule has 0 saturated heterocycles. The minimum Gasteiger partial charge on any atom is -0.373 e. The van der Waals surface area contributed by atoms with Crippen molar-refractivity contribution in [3.05, 3.63) is 47.5 Å². The van der Waals surface area contributed by atoms with Crippen molar-refractivity contribution in [2.24, 2.45) is 16.2 Å². The molecule has 0 unspecified atom stereocenters. The highest BCUT2D eigenvalue weighted by Crippen LogP contribution is 2.36. The van der Waals surface area contributed by atoms with E-state index in [2.05, 4.69) is 159 Å². The molecular formula is C41H81NO3S. The Labute approximate surface area is 290 Å². The zero-order valence-electron chi connectivity index (χ0n) is 34.6. The van der Waals surface area contributed by atoms with Crippen molar-refractivity contribution in [1.82, 2.24) is 4.72 Å². The molecule has 0 amide bonds. The van der Waals surface area contributed by atoms with Gasteiger partial charge >= 0.3 is 0 Å². The largest absolute Gasteiger partial charge is 0.373 e. The fourth-order valence-corrected chi connectivity index (χ4v) is 5.07. The number of sulfonamides is 1. The Balaban J connectivity index is -0.000000535. The second-order valence-corrected chi connectivity index (χ2v) is 19.4. The van der Waals surface area contributed by atoms with E-state index in [-0.39, 0.29) is 22.3 Å². The van der Waals surface area contributed by atoms with E-state index < -0.39 is 10.0 Å². The molecule has 46 heavy (non-hydrogen) atoms. The highest BCUT2D eigenvalue weighted by Gasteiger charge is 2.35. The van der Waals surface area contributed by atoms with E-state index >= 15 is 0 Å². The third kappa shape index (κ3) is 26.9.